The molecule has 1 unspecified atom stereocenters. The van der Waals surface area contributed by atoms with Gasteiger partial charge in [-0.1, -0.05) is 12.1 Å². The lowest BCUT2D eigenvalue weighted by Crippen LogP contribution is -2.20. The fourth-order valence-corrected chi connectivity index (χ4v) is 2.77. The average Bonchev–Trinajstić information content (AvgIpc) is 2.70. The summed E-state index contributed by atoms with van der Waals surface area (Å²) < 4.78 is 0. The Balaban J connectivity index is 1.93. The van der Waals surface area contributed by atoms with Crippen LogP contribution in [0, 0.1) is 0 Å². The molecule has 0 bridgehead atoms. The third kappa shape index (κ3) is 2.53. The highest BCUT2D eigenvalue weighted by Crippen LogP contribution is 2.36. The Morgan fingerprint density at radius 2 is 2.38 bits per heavy atom. The summed E-state index contributed by atoms with van der Waals surface area (Å²) in [5, 5.41) is 13.3. The predicted molar refractivity (Wildman–Crippen MR) is 70.2 cm³/mol. The van der Waals surface area contributed by atoms with Gasteiger partial charge < -0.3 is 10.4 Å². The van der Waals surface area contributed by atoms with Crippen molar-refractivity contribution in [2.24, 2.45) is 0 Å². The van der Waals surface area contributed by atoms with E-state index in [-0.39, 0.29) is 0 Å². The number of hydrogen-bond acceptors (Lipinski definition) is 3. The van der Waals surface area contributed by atoms with Gasteiger partial charge in [-0.15, -0.1) is 0 Å². The second-order valence-corrected chi connectivity index (χ2v) is 5.22. The van der Waals surface area contributed by atoms with Crippen LogP contribution in [-0.2, 0) is 6.42 Å². The molecule has 2 N–H and O–H groups in total. The number of phenolic OH excluding ortho intramolecular Hbond substituents is 1. The Kier molecular flexibility index (Phi) is 4.13. The van der Waals surface area contributed by atoms with Crippen molar-refractivity contribution in [2.75, 3.05) is 18.6 Å². The van der Waals surface area contributed by atoms with Crippen LogP contribution in [0.3, 0.4) is 0 Å². The molecule has 3 heteroatoms. The van der Waals surface area contributed by atoms with Gasteiger partial charge in [0.2, 0.25) is 0 Å². The Labute approximate surface area is 101 Å². The van der Waals surface area contributed by atoms with Gasteiger partial charge in [0.15, 0.2) is 0 Å². The van der Waals surface area contributed by atoms with E-state index >= 15 is 0 Å². The number of phenols is 1. The highest BCUT2D eigenvalue weighted by molar-refractivity contribution is 7.98. The molecule has 0 saturated carbocycles. The van der Waals surface area contributed by atoms with E-state index in [1.165, 1.54) is 17.7 Å². The minimum atomic E-state index is 0.448. The van der Waals surface area contributed by atoms with E-state index in [1.807, 2.05) is 17.8 Å². The molecule has 0 saturated heterocycles. The fraction of sp³-hybridized carbons (Fsp3) is 0.538. The van der Waals surface area contributed by atoms with E-state index < -0.39 is 0 Å². The third-order valence-electron chi connectivity index (χ3n) is 3.16. The van der Waals surface area contributed by atoms with Crippen molar-refractivity contribution in [3.63, 3.8) is 0 Å². The molecule has 0 heterocycles. The molecule has 2 rings (SSSR count). The highest BCUT2D eigenvalue weighted by Gasteiger charge is 2.23. The van der Waals surface area contributed by atoms with E-state index in [9.17, 15) is 5.11 Å². The zero-order valence-electron chi connectivity index (χ0n) is 9.70. The summed E-state index contributed by atoms with van der Waals surface area (Å²) in [4.78, 5) is 0. The lowest BCUT2D eigenvalue weighted by Gasteiger charge is -2.13. The number of thioether (sulfide) groups is 1. The van der Waals surface area contributed by atoms with Crippen molar-refractivity contribution in [3.8, 4) is 5.75 Å². The topological polar surface area (TPSA) is 32.3 Å². The smallest absolute Gasteiger partial charge is 0.119 e. The molecule has 16 heavy (non-hydrogen) atoms. The number of aromatic hydroxyl groups is 1. The molecule has 0 aromatic heterocycles. The number of benzene rings is 1. The third-order valence-corrected chi connectivity index (χ3v) is 3.86. The van der Waals surface area contributed by atoms with Crippen molar-refractivity contribution in [3.05, 3.63) is 29.3 Å². The van der Waals surface area contributed by atoms with Crippen LogP contribution in [0.5, 0.6) is 5.75 Å². The maximum absolute atomic E-state index is 9.73. The largest absolute Gasteiger partial charge is 0.508 e. The Morgan fingerprint density at radius 3 is 3.19 bits per heavy atom. The predicted octanol–water partition coefficient (Wildman–Crippen LogP) is 2.72. The standard InChI is InChI=1S/C13H19NOS/c1-16-9-3-8-14-12-7-6-11-10(12)4-2-5-13(11)15/h2,4-5,12,14-15H,3,6-9H2,1H3. The lowest BCUT2D eigenvalue weighted by molar-refractivity contribution is 0.469. The minimum Gasteiger partial charge on any atom is -0.508 e. The lowest BCUT2D eigenvalue weighted by atomic mass is 10.1. The molecule has 2 nitrogen and oxygen atoms in total. The normalized spacial score (nSPS) is 18.7. The summed E-state index contributed by atoms with van der Waals surface area (Å²) in [6.45, 7) is 1.07. The summed E-state index contributed by atoms with van der Waals surface area (Å²) >= 11 is 1.89. The van der Waals surface area contributed by atoms with Crippen molar-refractivity contribution < 1.29 is 5.11 Å². The van der Waals surface area contributed by atoms with Gasteiger partial charge in [0.1, 0.15) is 5.75 Å². The van der Waals surface area contributed by atoms with E-state index in [4.69, 9.17) is 0 Å². The average molecular weight is 237 g/mol. The van der Waals surface area contributed by atoms with E-state index in [2.05, 4.69) is 17.6 Å². The molecule has 0 spiro atoms. The van der Waals surface area contributed by atoms with Crippen LogP contribution in [-0.4, -0.2) is 23.7 Å². The van der Waals surface area contributed by atoms with Gasteiger partial charge in [-0.3, -0.25) is 0 Å². The van der Waals surface area contributed by atoms with Crippen LogP contribution in [0.1, 0.15) is 30.0 Å². The van der Waals surface area contributed by atoms with E-state index in [0.29, 0.717) is 11.8 Å². The van der Waals surface area contributed by atoms with Crippen LogP contribution < -0.4 is 5.32 Å². The highest BCUT2D eigenvalue weighted by atomic mass is 32.2. The number of rotatable bonds is 5. The van der Waals surface area contributed by atoms with Gasteiger partial charge in [-0.2, -0.15) is 11.8 Å². The molecule has 88 valence electrons. The Morgan fingerprint density at radius 1 is 1.50 bits per heavy atom. The SMILES string of the molecule is CSCCCNC1CCc2c(O)cccc21. The van der Waals surface area contributed by atoms with Crippen LogP contribution in [0.25, 0.3) is 0 Å². The number of nitrogens with one attached hydrogen (secondary N) is 1. The van der Waals surface area contributed by atoms with Crippen LogP contribution in [0.4, 0.5) is 0 Å². The molecule has 0 amide bonds. The first kappa shape index (κ1) is 11.8. The molecule has 0 aliphatic heterocycles. The van der Waals surface area contributed by atoms with Gasteiger partial charge in [0, 0.05) is 6.04 Å². The summed E-state index contributed by atoms with van der Waals surface area (Å²) in [6.07, 6.45) is 5.48. The Hall–Kier alpha value is -0.670. The number of hydrogen-bond donors (Lipinski definition) is 2. The summed E-state index contributed by atoms with van der Waals surface area (Å²) in [7, 11) is 0. The van der Waals surface area contributed by atoms with Crippen molar-refractivity contribution in [1.82, 2.24) is 5.32 Å². The van der Waals surface area contributed by atoms with Gasteiger partial charge in [-0.25, -0.2) is 0 Å². The van der Waals surface area contributed by atoms with E-state index in [0.717, 1.165) is 24.9 Å². The minimum absolute atomic E-state index is 0.448. The van der Waals surface area contributed by atoms with Gasteiger partial charge in [0.05, 0.1) is 0 Å². The van der Waals surface area contributed by atoms with E-state index in [1.54, 1.807) is 6.07 Å². The van der Waals surface area contributed by atoms with Crippen molar-refractivity contribution >= 4 is 11.8 Å². The first-order valence-corrected chi connectivity index (χ1v) is 7.25. The molecule has 1 aromatic carbocycles. The quantitative estimate of drug-likeness (QED) is 0.772. The second kappa shape index (κ2) is 5.60. The fourth-order valence-electron chi connectivity index (χ4n) is 2.34. The molecular weight excluding hydrogens is 218 g/mol. The number of fused-ring (bicyclic) bond motifs is 1. The second-order valence-electron chi connectivity index (χ2n) is 4.24. The molecule has 1 atom stereocenters. The Bertz CT molecular complexity index is 354. The van der Waals surface area contributed by atoms with Gasteiger partial charge >= 0.3 is 0 Å². The maximum atomic E-state index is 9.73. The maximum Gasteiger partial charge on any atom is 0.119 e. The first-order chi connectivity index (χ1) is 7.83. The molecular formula is C13H19NOS. The zero-order valence-corrected chi connectivity index (χ0v) is 10.5. The molecule has 1 aliphatic rings. The molecule has 0 fully saturated rings. The summed E-state index contributed by atoms with van der Waals surface area (Å²) in [5.74, 6) is 1.68. The molecule has 1 aliphatic carbocycles. The monoisotopic (exact) mass is 237 g/mol. The zero-order chi connectivity index (χ0) is 11.4. The summed E-state index contributed by atoms with van der Waals surface area (Å²) in [5.41, 5.74) is 2.44. The molecule has 0 radical (unpaired) electrons. The van der Waals surface area contributed by atoms with Gasteiger partial charge in [-0.05, 0) is 55.0 Å². The first-order valence-electron chi connectivity index (χ1n) is 5.86. The van der Waals surface area contributed by atoms with Crippen LogP contribution >= 0.6 is 11.8 Å². The van der Waals surface area contributed by atoms with Crippen LogP contribution in [0.15, 0.2) is 18.2 Å². The van der Waals surface area contributed by atoms with Crippen molar-refractivity contribution in [1.29, 1.82) is 0 Å². The van der Waals surface area contributed by atoms with Crippen LogP contribution in [0.2, 0.25) is 0 Å². The summed E-state index contributed by atoms with van der Waals surface area (Å²) in [6, 6.07) is 6.31. The van der Waals surface area contributed by atoms with Crippen molar-refractivity contribution in [2.45, 2.75) is 25.3 Å². The van der Waals surface area contributed by atoms with Gasteiger partial charge in [0.25, 0.3) is 0 Å². The molecule has 1 aromatic rings.